The first-order valence-corrected chi connectivity index (χ1v) is 7.47. The lowest BCUT2D eigenvalue weighted by atomic mass is 9.83. The molecule has 0 saturated heterocycles. The summed E-state index contributed by atoms with van der Waals surface area (Å²) in [6.45, 7) is 2.27. The zero-order valence-corrected chi connectivity index (χ0v) is 12.1. The summed E-state index contributed by atoms with van der Waals surface area (Å²) in [5.74, 6) is 2.20. The van der Waals surface area contributed by atoms with Crippen molar-refractivity contribution < 1.29 is 0 Å². The molecule has 6 nitrogen and oxygen atoms in total. The van der Waals surface area contributed by atoms with Crippen LogP contribution in [0.3, 0.4) is 0 Å². The van der Waals surface area contributed by atoms with E-state index in [1.807, 2.05) is 7.05 Å². The minimum atomic E-state index is 0.500. The zero-order valence-electron chi connectivity index (χ0n) is 12.1. The van der Waals surface area contributed by atoms with Crippen LogP contribution in [-0.4, -0.2) is 33.0 Å². The molecule has 3 N–H and O–H groups in total. The van der Waals surface area contributed by atoms with Gasteiger partial charge in [0.25, 0.3) is 0 Å². The number of hydrogen-bond acceptors (Lipinski definition) is 5. The molecule has 108 valence electrons. The van der Waals surface area contributed by atoms with Gasteiger partial charge < -0.3 is 15.6 Å². The molecule has 0 amide bonds. The third kappa shape index (κ3) is 2.42. The monoisotopic (exact) mass is 274 g/mol. The second-order valence-electron chi connectivity index (χ2n) is 5.45. The first kappa shape index (κ1) is 13.1. The van der Waals surface area contributed by atoms with Gasteiger partial charge in [0.15, 0.2) is 11.5 Å². The summed E-state index contributed by atoms with van der Waals surface area (Å²) in [4.78, 5) is 16.3. The Morgan fingerprint density at radius 3 is 2.95 bits per heavy atom. The predicted octanol–water partition coefficient (Wildman–Crippen LogP) is 2.78. The molecular formula is C14H22N6. The Bertz CT molecular complexity index is 578. The van der Waals surface area contributed by atoms with Gasteiger partial charge in [0, 0.05) is 13.1 Å². The fourth-order valence-corrected chi connectivity index (χ4v) is 3.11. The average Bonchev–Trinajstić information content (AvgIpc) is 2.96. The van der Waals surface area contributed by atoms with E-state index in [4.69, 9.17) is 0 Å². The molecule has 1 aliphatic carbocycles. The van der Waals surface area contributed by atoms with Crippen LogP contribution in [0, 0.1) is 5.92 Å². The molecule has 2 unspecified atom stereocenters. The predicted molar refractivity (Wildman–Crippen MR) is 80.9 cm³/mol. The maximum atomic E-state index is 4.55. The van der Waals surface area contributed by atoms with Gasteiger partial charge in [0.1, 0.15) is 5.52 Å². The van der Waals surface area contributed by atoms with Gasteiger partial charge in [0.2, 0.25) is 5.95 Å². The van der Waals surface area contributed by atoms with Gasteiger partial charge in [-0.15, -0.1) is 0 Å². The molecule has 20 heavy (non-hydrogen) atoms. The van der Waals surface area contributed by atoms with Gasteiger partial charge >= 0.3 is 0 Å². The van der Waals surface area contributed by atoms with E-state index in [2.05, 4.69) is 37.5 Å². The van der Waals surface area contributed by atoms with Crippen molar-refractivity contribution in [1.29, 1.82) is 0 Å². The van der Waals surface area contributed by atoms with Crippen LogP contribution in [0.25, 0.3) is 11.2 Å². The quantitative estimate of drug-likeness (QED) is 0.799. The first-order valence-electron chi connectivity index (χ1n) is 7.47. The number of nitrogens with zero attached hydrogens (tertiary/aromatic N) is 3. The minimum Gasteiger partial charge on any atom is -0.365 e. The number of rotatable bonds is 4. The molecule has 2 heterocycles. The number of H-pyrrole nitrogens is 1. The van der Waals surface area contributed by atoms with Crippen LogP contribution < -0.4 is 10.6 Å². The van der Waals surface area contributed by atoms with Crippen molar-refractivity contribution in [1.82, 2.24) is 19.9 Å². The molecule has 0 spiro atoms. The Kier molecular flexibility index (Phi) is 3.71. The average molecular weight is 274 g/mol. The summed E-state index contributed by atoms with van der Waals surface area (Å²) in [7, 11) is 1.83. The van der Waals surface area contributed by atoms with Crippen molar-refractivity contribution in [3.05, 3.63) is 6.33 Å². The summed E-state index contributed by atoms with van der Waals surface area (Å²) in [5, 5.41) is 6.62. The molecule has 2 aromatic rings. The number of fused-ring (bicyclic) bond motifs is 1. The zero-order chi connectivity index (χ0) is 13.9. The molecule has 0 radical (unpaired) electrons. The number of imidazole rings is 1. The van der Waals surface area contributed by atoms with Crippen LogP contribution in [0.2, 0.25) is 0 Å². The molecule has 0 bridgehead atoms. The van der Waals surface area contributed by atoms with Crippen molar-refractivity contribution in [2.75, 3.05) is 17.7 Å². The van der Waals surface area contributed by atoms with E-state index in [9.17, 15) is 0 Å². The fourth-order valence-electron chi connectivity index (χ4n) is 3.11. The highest BCUT2D eigenvalue weighted by Gasteiger charge is 2.24. The molecule has 0 aliphatic heterocycles. The van der Waals surface area contributed by atoms with Gasteiger partial charge in [-0.05, 0) is 18.8 Å². The summed E-state index contributed by atoms with van der Waals surface area (Å²) >= 11 is 0. The highest BCUT2D eigenvalue weighted by atomic mass is 15.2. The largest absolute Gasteiger partial charge is 0.365 e. The van der Waals surface area contributed by atoms with Crippen LogP contribution in [0.5, 0.6) is 0 Å². The molecule has 6 heteroatoms. The molecule has 3 rings (SSSR count). The van der Waals surface area contributed by atoms with E-state index in [0.29, 0.717) is 17.6 Å². The summed E-state index contributed by atoms with van der Waals surface area (Å²) < 4.78 is 0. The van der Waals surface area contributed by atoms with E-state index in [1.54, 1.807) is 6.33 Å². The lowest BCUT2D eigenvalue weighted by Gasteiger charge is -2.32. The Balaban J connectivity index is 1.90. The summed E-state index contributed by atoms with van der Waals surface area (Å²) in [6, 6.07) is 0.500. The molecular weight excluding hydrogens is 252 g/mol. The Hall–Kier alpha value is -1.85. The molecule has 1 fully saturated rings. The highest BCUT2D eigenvalue weighted by Crippen LogP contribution is 2.30. The SMILES string of the molecule is CCC1CCCCC1Nc1nc(NC)nc2nc[nH]c12. The van der Waals surface area contributed by atoms with Gasteiger partial charge in [-0.2, -0.15) is 9.97 Å². The van der Waals surface area contributed by atoms with Gasteiger partial charge in [0.05, 0.1) is 6.33 Å². The topological polar surface area (TPSA) is 78.5 Å². The minimum absolute atomic E-state index is 0.500. The number of aromatic amines is 1. The van der Waals surface area contributed by atoms with Crippen LogP contribution >= 0.6 is 0 Å². The third-order valence-corrected chi connectivity index (χ3v) is 4.26. The van der Waals surface area contributed by atoms with Crippen LogP contribution in [-0.2, 0) is 0 Å². The maximum absolute atomic E-state index is 4.55. The van der Waals surface area contributed by atoms with Gasteiger partial charge in [-0.1, -0.05) is 26.2 Å². The number of hydrogen-bond donors (Lipinski definition) is 3. The van der Waals surface area contributed by atoms with Crippen molar-refractivity contribution >= 4 is 22.9 Å². The van der Waals surface area contributed by atoms with Crippen molar-refractivity contribution in [2.24, 2.45) is 5.92 Å². The maximum Gasteiger partial charge on any atom is 0.226 e. The van der Waals surface area contributed by atoms with Crippen LogP contribution in [0.1, 0.15) is 39.0 Å². The van der Waals surface area contributed by atoms with E-state index in [-0.39, 0.29) is 0 Å². The number of anilines is 2. The number of nitrogens with one attached hydrogen (secondary N) is 3. The van der Waals surface area contributed by atoms with E-state index < -0.39 is 0 Å². The molecule has 2 aromatic heterocycles. The van der Waals surface area contributed by atoms with E-state index >= 15 is 0 Å². The molecule has 2 atom stereocenters. The summed E-state index contributed by atoms with van der Waals surface area (Å²) in [6.07, 6.45) is 8.05. The number of aromatic nitrogens is 4. The Labute approximate surface area is 118 Å². The second kappa shape index (κ2) is 5.64. The van der Waals surface area contributed by atoms with Crippen LogP contribution in [0.15, 0.2) is 6.33 Å². The lowest BCUT2D eigenvalue weighted by molar-refractivity contribution is 0.317. The van der Waals surface area contributed by atoms with Crippen molar-refractivity contribution in [3.8, 4) is 0 Å². The van der Waals surface area contributed by atoms with Crippen molar-refractivity contribution in [3.63, 3.8) is 0 Å². The molecule has 0 aromatic carbocycles. The van der Waals surface area contributed by atoms with Gasteiger partial charge in [-0.25, -0.2) is 4.98 Å². The smallest absolute Gasteiger partial charge is 0.226 e. The highest BCUT2D eigenvalue weighted by molar-refractivity contribution is 5.83. The Morgan fingerprint density at radius 1 is 1.30 bits per heavy atom. The van der Waals surface area contributed by atoms with E-state index in [0.717, 1.165) is 17.3 Å². The standard InChI is InChI=1S/C14H22N6/c1-3-9-6-4-5-7-10(9)18-13-11-12(17-8-16-11)19-14(15-2)20-13/h8-10H,3-7H2,1-2H3,(H3,15,16,17,18,19,20). The first-order chi connectivity index (χ1) is 9.81. The molecule has 1 saturated carbocycles. The van der Waals surface area contributed by atoms with Crippen LogP contribution in [0.4, 0.5) is 11.8 Å². The third-order valence-electron chi connectivity index (χ3n) is 4.26. The molecule has 1 aliphatic rings. The fraction of sp³-hybridized carbons (Fsp3) is 0.643. The summed E-state index contributed by atoms with van der Waals surface area (Å²) in [5.41, 5.74) is 1.60. The van der Waals surface area contributed by atoms with E-state index in [1.165, 1.54) is 32.1 Å². The normalized spacial score (nSPS) is 22.9. The van der Waals surface area contributed by atoms with Crippen molar-refractivity contribution in [2.45, 2.75) is 45.1 Å². The Morgan fingerprint density at radius 2 is 2.15 bits per heavy atom. The second-order valence-corrected chi connectivity index (χ2v) is 5.45. The lowest BCUT2D eigenvalue weighted by Crippen LogP contribution is -2.32. The van der Waals surface area contributed by atoms with Gasteiger partial charge in [-0.3, -0.25) is 0 Å².